The van der Waals surface area contributed by atoms with Gasteiger partial charge in [-0.1, -0.05) is 13.8 Å². The Morgan fingerprint density at radius 1 is 1.32 bits per heavy atom. The molecule has 122 valence electrons. The number of halogens is 2. The topological polar surface area (TPSA) is 43.7 Å². The van der Waals surface area contributed by atoms with Crippen LogP contribution in [0, 0.1) is 17.2 Å². The number of aromatic hydroxyl groups is 1. The van der Waals surface area contributed by atoms with Gasteiger partial charge in [0.05, 0.1) is 4.47 Å². The first-order valence-corrected chi connectivity index (χ1v) is 8.59. The van der Waals surface area contributed by atoms with E-state index in [0.717, 1.165) is 25.9 Å². The molecule has 0 aromatic heterocycles. The molecule has 0 bridgehead atoms. The normalized spacial score (nSPS) is 28.8. The Bertz CT molecular complexity index is 611. The molecule has 1 heterocycles. The van der Waals surface area contributed by atoms with E-state index in [2.05, 4.69) is 27.9 Å². The molecule has 22 heavy (non-hydrogen) atoms. The van der Waals surface area contributed by atoms with Crippen molar-refractivity contribution in [1.82, 2.24) is 4.90 Å². The lowest BCUT2D eigenvalue weighted by atomic mass is 9.65. The standard InChI is InChI=1S/C17H23BrFNO2/c1-16(2)9-11-13(19)8-12(18)15(21)14(11)17(16,22)10-4-6-20(3)7-5-10/h8,10,21-22H,4-7,9H2,1-3H3. The average Bonchev–Trinajstić information content (AvgIpc) is 2.66. The minimum absolute atomic E-state index is 0.0107. The average molecular weight is 372 g/mol. The van der Waals surface area contributed by atoms with Crippen LogP contribution in [0.15, 0.2) is 10.5 Å². The van der Waals surface area contributed by atoms with E-state index in [9.17, 15) is 14.6 Å². The molecule has 0 spiro atoms. The number of hydrogen-bond donors (Lipinski definition) is 2. The van der Waals surface area contributed by atoms with Gasteiger partial charge in [-0.15, -0.1) is 0 Å². The monoisotopic (exact) mass is 371 g/mol. The molecule has 3 rings (SSSR count). The van der Waals surface area contributed by atoms with E-state index in [1.165, 1.54) is 6.07 Å². The van der Waals surface area contributed by atoms with Gasteiger partial charge >= 0.3 is 0 Å². The van der Waals surface area contributed by atoms with Crippen LogP contribution in [-0.4, -0.2) is 35.3 Å². The summed E-state index contributed by atoms with van der Waals surface area (Å²) in [4.78, 5) is 2.24. The molecule has 1 unspecified atom stereocenters. The van der Waals surface area contributed by atoms with E-state index >= 15 is 0 Å². The van der Waals surface area contributed by atoms with Crippen LogP contribution >= 0.6 is 15.9 Å². The fourth-order valence-electron chi connectivity index (χ4n) is 4.33. The zero-order valence-electron chi connectivity index (χ0n) is 13.3. The molecule has 5 heteroatoms. The number of phenols is 1. The Balaban J connectivity index is 2.16. The molecule has 3 nitrogen and oxygen atoms in total. The van der Waals surface area contributed by atoms with Crippen molar-refractivity contribution in [2.75, 3.05) is 20.1 Å². The molecule has 1 aromatic rings. The highest BCUT2D eigenvalue weighted by Crippen LogP contribution is 2.59. The van der Waals surface area contributed by atoms with Crippen molar-refractivity contribution < 1.29 is 14.6 Å². The molecule has 1 atom stereocenters. The van der Waals surface area contributed by atoms with Crippen molar-refractivity contribution >= 4 is 15.9 Å². The van der Waals surface area contributed by atoms with Crippen LogP contribution in [0.2, 0.25) is 0 Å². The van der Waals surface area contributed by atoms with E-state index in [1.54, 1.807) is 0 Å². The fraction of sp³-hybridized carbons (Fsp3) is 0.647. The summed E-state index contributed by atoms with van der Waals surface area (Å²) in [5.41, 5.74) is -0.834. The third kappa shape index (κ3) is 2.13. The number of aliphatic hydroxyl groups is 1. The van der Waals surface area contributed by atoms with Crippen LogP contribution in [0.4, 0.5) is 4.39 Å². The maximum atomic E-state index is 14.4. The predicted molar refractivity (Wildman–Crippen MR) is 87.4 cm³/mol. The fourth-order valence-corrected chi connectivity index (χ4v) is 4.73. The zero-order chi connectivity index (χ0) is 16.3. The van der Waals surface area contributed by atoms with Crippen molar-refractivity contribution in [1.29, 1.82) is 0 Å². The predicted octanol–water partition coefficient (Wildman–Crippen LogP) is 3.41. The molecule has 1 fully saturated rings. The van der Waals surface area contributed by atoms with Gasteiger partial charge in [0, 0.05) is 11.0 Å². The Morgan fingerprint density at radius 3 is 2.50 bits per heavy atom. The highest BCUT2D eigenvalue weighted by Gasteiger charge is 2.58. The number of hydrogen-bond acceptors (Lipinski definition) is 3. The van der Waals surface area contributed by atoms with E-state index in [0.29, 0.717) is 22.0 Å². The molecule has 1 aliphatic carbocycles. The Hall–Kier alpha value is -0.650. The Labute approximate surface area is 139 Å². The van der Waals surface area contributed by atoms with Gasteiger partial charge in [0.15, 0.2) is 0 Å². The minimum atomic E-state index is -1.20. The summed E-state index contributed by atoms with van der Waals surface area (Å²) in [5, 5.41) is 22.2. The number of phenolic OH excluding ortho intramolecular Hbond substituents is 1. The number of fused-ring (bicyclic) bond motifs is 1. The molecule has 2 N–H and O–H groups in total. The minimum Gasteiger partial charge on any atom is -0.506 e. The van der Waals surface area contributed by atoms with Gasteiger partial charge in [-0.2, -0.15) is 0 Å². The van der Waals surface area contributed by atoms with Crippen LogP contribution in [-0.2, 0) is 12.0 Å². The van der Waals surface area contributed by atoms with E-state index in [1.807, 2.05) is 13.8 Å². The van der Waals surface area contributed by atoms with Gasteiger partial charge in [0.2, 0.25) is 0 Å². The molecule has 0 radical (unpaired) electrons. The van der Waals surface area contributed by atoms with Gasteiger partial charge in [0.1, 0.15) is 17.2 Å². The van der Waals surface area contributed by atoms with E-state index in [-0.39, 0.29) is 17.5 Å². The Morgan fingerprint density at radius 2 is 1.91 bits per heavy atom. The second-order valence-corrected chi connectivity index (χ2v) is 8.30. The van der Waals surface area contributed by atoms with Crippen molar-refractivity contribution in [3.8, 4) is 5.75 Å². The van der Waals surface area contributed by atoms with Gasteiger partial charge in [-0.25, -0.2) is 4.39 Å². The molecular formula is C17H23BrFNO2. The highest BCUT2D eigenvalue weighted by atomic mass is 79.9. The summed E-state index contributed by atoms with van der Waals surface area (Å²) in [6.07, 6.45) is 2.14. The first-order chi connectivity index (χ1) is 10.2. The number of nitrogens with zero attached hydrogens (tertiary/aromatic N) is 1. The summed E-state index contributed by atoms with van der Waals surface area (Å²) in [6.45, 7) is 5.77. The maximum absolute atomic E-state index is 14.4. The second kappa shape index (κ2) is 5.18. The molecule has 1 saturated heterocycles. The van der Waals surface area contributed by atoms with Gasteiger partial charge in [-0.3, -0.25) is 0 Å². The van der Waals surface area contributed by atoms with Crippen LogP contribution in [0.3, 0.4) is 0 Å². The second-order valence-electron chi connectivity index (χ2n) is 7.45. The molecule has 1 aliphatic heterocycles. The maximum Gasteiger partial charge on any atom is 0.136 e. The van der Waals surface area contributed by atoms with Crippen LogP contribution in [0.25, 0.3) is 0 Å². The van der Waals surface area contributed by atoms with E-state index < -0.39 is 11.0 Å². The third-order valence-corrected chi connectivity index (χ3v) is 6.25. The zero-order valence-corrected chi connectivity index (χ0v) is 14.9. The SMILES string of the molecule is CN1CCC(C2(O)c3c(O)c(Br)cc(F)c3CC2(C)C)CC1. The number of benzene rings is 1. The van der Waals surface area contributed by atoms with Crippen LogP contribution in [0.5, 0.6) is 5.75 Å². The van der Waals surface area contributed by atoms with Gasteiger partial charge in [-0.05, 0) is 72.9 Å². The van der Waals surface area contributed by atoms with Crippen molar-refractivity contribution in [2.45, 2.75) is 38.7 Å². The summed E-state index contributed by atoms with van der Waals surface area (Å²) < 4.78 is 14.7. The number of rotatable bonds is 1. The largest absolute Gasteiger partial charge is 0.506 e. The summed E-state index contributed by atoms with van der Waals surface area (Å²) in [5.74, 6) is -0.334. The van der Waals surface area contributed by atoms with Crippen LogP contribution in [0.1, 0.15) is 37.8 Å². The first kappa shape index (κ1) is 16.2. The lowest BCUT2D eigenvalue weighted by Gasteiger charge is -2.46. The molecule has 0 amide bonds. The molecule has 2 aliphatic rings. The lowest BCUT2D eigenvalue weighted by molar-refractivity contribution is -0.122. The van der Waals surface area contributed by atoms with Crippen molar-refractivity contribution in [3.05, 3.63) is 27.5 Å². The number of likely N-dealkylation sites (tertiary alicyclic amines) is 1. The van der Waals surface area contributed by atoms with Gasteiger partial charge in [0.25, 0.3) is 0 Å². The summed E-state index contributed by atoms with van der Waals surface area (Å²) >= 11 is 3.21. The van der Waals surface area contributed by atoms with E-state index in [4.69, 9.17) is 0 Å². The van der Waals surface area contributed by atoms with Crippen molar-refractivity contribution in [2.24, 2.45) is 11.3 Å². The highest BCUT2D eigenvalue weighted by molar-refractivity contribution is 9.10. The molecule has 1 aromatic carbocycles. The Kier molecular flexibility index (Phi) is 3.82. The number of piperidine rings is 1. The van der Waals surface area contributed by atoms with Crippen molar-refractivity contribution in [3.63, 3.8) is 0 Å². The molecule has 0 saturated carbocycles. The van der Waals surface area contributed by atoms with Crippen LogP contribution < -0.4 is 0 Å². The third-order valence-electron chi connectivity index (χ3n) is 5.65. The lowest BCUT2D eigenvalue weighted by Crippen LogP contribution is -2.49. The smallest absolute Gasteiger partial charge is 0.136 e. The summed E-state index contributed by atoms with van der Waals surface area (Å²) in [6, 6.07) is 1.30. The molecular weight excluding hydrogens is 349 g/mol. The quantitative estimate of drug-likeness (QED) is 0.794. The van der Waals surface area contributed by atoms with Gasteiger partial charge < -0.3 is 15.1 Å². The summed E-state index contributed by atoms with van der Waals surface area (Å²) in [7, 11) is 2.07. The first-order valence-electron chi connectivity index (χ1n) is 7.79.